The zero-order valence-electron chi connectivity index (χ0n) is 27.1. The number of aliphatic carboxylic acids is 1. The van der Waals surface area contributed by atoms with Crippen molar-refractivity contribution < 1.29 is 39.5 Å². The first-order valence-corrected chi connectivity index (χ1v) is 16.3. The van der Waals surface area contributed by atoms with E-state index in [1.807, 2.05) is 27.7 Å². The van der Waals surface area contributed by atoms with Gasteiger partial charge in [0.1, 0.15) is 5.78 Å². The quantitative estimate of drug-likeness (QED) is 0.270. The number of rotatable bonds is 13. The lowest BCUT2D eigenvalue weighted by Gasteiger charge is -2.47. The Kier molecular flexibility index (Phi) is 11.5. The zero-order valence-corrected chi connectivity index (χ0v) is 27.1. The lowest BCUT2D eigenvalue weighted by Crippen LogP contribution is -2.55. The van der Waals surface area contributed by atoms with Crippen LogP contribution in [-0.2, 0) is 19.1 Å². The Balaban J connectivity index is 1.69. The molecule has 0 unspecified atom stereocenters. The standard InChI is InChI=1S/C34H56O8/c1-9-25(31-21(6)18-34(11-3,42-31)26-16-17-33(40,10-2)23(8)41-26)30(37)22(7)28(35)19(4)12-14-24-15-13-20(5)29(36)27(24)32(38)39/h19,21-23,25-26,28,31,35-36,40H,9-18H2,1-8H3,(H,38,39)/p-1/t19-,21+,22+,23+,25+,26-,28+,31+,33-,34+/m1/s1. The van der Waals surface area contributed by atoms with Crippen LogP contribution in [-0.4, -0.2) is 62.7 Å². The predicted molar refractivity (Wildman–Crippen MR) is 159 cm³/mol. The molecule has 8 nitrogen and oxygen atoms in total. The molecule has 0 aromatic rings. The van der Waals surface area contributed by atoms with Gasteiger partial charge in [-0.2, -0.15) is 0 Å². The van der Waals surface area contributed by atoms with Gasteiger partial charge < -0.3 is 29.9 Å². The van der Waals surface area contributed by atoms with Crippen molar-refractivity contribution >= 4 is 11.8 Å². The highest BCUT2D eigenvalue weighted by molar-refractivity contribution is 5.92. The first-order chi connectivity index (χ1) is 19.7. The van der Waals surface area contributed by atoms with Crippen molar-refractivity contribution in [3.63, 3.8) is 0 Å². The first kappa shape index (κ1) is 34.7. The van der Waals surface area contributed by atoms with Crippen molar-refractivity contribution in [1.82, 2.24) is 0 Å². The molecule has 3 aliphatic rings. The van der Waals surface area contributed by atoms with Crippen LogP contribution in [0.4, 0.5) is 0 Å². The molecule has 3 N–H and O–H groups in total. The van der Waals surface area contributed by atoms with Gasteiger partial charge in [0.2, 0.25) is 0 Å². The molecule has 8 heteroatoms. The zero-order chi connectivity index (χ0) is 31.6. The lowest BCUT2D eigenvalue weighted by molar-refractivity contribution is -0.299. The van der Waals surface area contributed by atoms with E-state index in [-0.39, 0.29) is 47.4 Å². The van der Waals surface area contributed by atoms with Crippen LogP contribution in [0, 0.1) is 23.7 Å². The smallest absolute Gasteiger partial charge is 0.335 e. The highest BCUT2D eigenvalue weighted by Gasteiger charge is 2.55. The van der Waals surface area contributed by atoms with Gasteiger partial charge in [-0.3, -0.25) is 4.79 Å². The van der Waals surface area contributed by atoms with Gasteiger partial charge in [-0.1, -0.05) is 58.4 Å². The minimum atomic E-state index is -1.19. The predicted octanol–water partition coefficient (Wildman–Crippen LogP) is 5.09. The maximum absolute atomic E-state index is 13.9. The van der Waals surface area contributed by atoms with Gasteiger partial charge in [0.25, 0.3) is 0 Å². The van der Waals surface area contributed by atoms with E-state index in [0.29, 0.717) is 62.5 Å². The van der Waals surface area contributed by atoms with E-state index in [0.717, 1.165) is 12.8 Å². The first-order valence-electron chi connectivity index (χ1n) is 16.3. The van der Waals surface area contributed by atoms with E-state index in [1.54, 1.807) is 13.8 Å². The fraction of sp³-hybridized carbons (Fsp3) is 0.824. The van der Waals surface area contributed by atoms with Crippen molar-refractivity contribution in [2.24, 2.45) is 23.7 Å². The average molecular weight is 592 g/mol. The van der Waals surface area contributed by atoms with Crippen molar-refractivity contribution in [2.75, 3.05) is 0 Å². The third kappa shape index (κ3) is 6.82. The molecule has 2 saturated heterocycles. The second-order valence-electron chi connectivity index (χ2n) is 13.6. The number of aliphatic hydroxyl groups excluding tert-OH is 1. The van der Waals surface area contributed by atoms with E-state index in [9.17, 15) is 30.0 Å². The van der Waals surface area contributed by atoms with Crippen LogP contribution in [0.25, 0.3) is 0 Å². The van der Waals surface area contributed by atoms with Gasteiger partial charge in [0, 0.05) is 11.8 Å². The number of carboxylic acid groups (broad SMARTS) is 1. The number of ether oxygens (including phenoxy) is 2. The molecule has 10 atom stereocenters. The van der Waals surface area contributed by atoms with Crippen molar-refractivity contribution in [1.29, 1.82) is 0 Å². The van der Waals surface area contributed by atoms with Crippen LogP contribution in [0.15, 0.2) is 22.5 Å². The molecule has 0 saturated carbocycles. The van der Waals surface area contributed by atoms with Crippen LogP contribution in [0.1, 0.15) is 120 Å². The van der Waals surface area contributed by atoms with E-state index in [2.05, 4.69) is 13.8 Å². The van der Waals surface area contributed by atoms with Crippen LogP contribution in [0.3, 0.4) is 0 Å². The molecule has 0 spiro atoms. The van der Waals surface area contributed by atoms with Crippen molar-refractivity contribution in [2.45, 2.75) is 155 Å². The Morgan fingerprint density at radius 3 is 2.33 bits per heavy atom. The Hall–Kier alpha value is -1.74. The Morgan fingerprint density at radius 1 is 1.12 bits per heavy atom. The number of Topliss-reactive ketones (excluding diaryl/α,β-unsaturated/α-hetero) is 1. The lowest BCUT2D eigenvalue weighted by atomic mass is 9.76. The van der Waals surface area contributed by atoms with E-state index in [4.69, 9.17) is 9.47 Å². The summed E-state index contributed by atoms with van der Waals surface area (Å²) in [4.78, 5) is 25.7. The molecule has 1 aliphatic carbocycles. The Bertz CT molecular complexity index is 1050. The van der Waals surface area contributed by atoms with E-state index >= 15 is 0 Å². The number of carboxylic acids is 1. The maximum Gasteiger partial charge on any atom is 0.335 e. The van der Waals surface area contributed by atoms with E-state index in [1.165, 1.54) is 0 Å². The van der Waals surface area contributed by atoms with Gasteiger partial charge in [0.15, 0.2) is 0 Å². The molecule has 240 valence electrons. The molecule has 2 fully saturated rings. The Labute approximate surface area is 252 Å². The van der Waals surface area contributed by atoms with Crippen molar-refractivity contribution in [3.8, 4) is 0 Å². The molecule has 0 radical (unpaired) electrons. The summed E-state index contributed by atoms with van der Waals surface area (Å²) in [7, 11) is 0. The summed E-state index contributed by atoms with van der Waals surface area (Å²) in [5, 5.41) is 44.2. The normalized spacial score (nSPS) is 35.2. The SMILES string of the molecule is CC[C@@H](C(=O)[C@@H](C)[C@@H](O)[C@H](C)CCC1=C(C(=O)O)C([O-])=C(C)CC1)[C@H]1O[C@](CC)([C@H]2CC[C@](O)(CC)[C@H](C)O2)C[C@@H]1C. The van der Waals surface area contributed by atoms with Crippen LogP contribution < -0.4 is 5.11 Å². The summed E-state index contributed by atoms with van der Waals surface area (Å²) >= 11 is 0. The molecule has 2 aliphatic heterocycles. The van der Waals surface area contributed by atoms with E-state index < -0.39 is 35.0 Å². The summed E-state index contributed by atoms with van der Waals surface area (Å²) in [6.07, 6.45) is 4.51. The molecule has 2 heterocycles. The molecule has 0 bridgehead atoms. The highest BCUT2D eigenvalue weighted by atomic mass is 16.6. The van der Waals surface area contributed by atoms with Gasteiger partial charge in [-0.15, -0.1) is 0 Å². The monoisotopic (exact) mass is 591 g/mol. The largest absolute Gasteiger partial charge is 0.872 e. The molecule has 0 aromatic carbocycles. The number of allylic oxidation sites excluding steroid dienone is 2. The van der Waals surface area contributed by atoms with Gasteiger partial charge in [-0.25, -0.2) is 4.79 Å². The fourth-order valence-electron chi connectivity index (χ4n) is 7.73. The van der Waals surface area contributed by atoms with Crippen LogP contribution >= 0.6 is 0 Å². The number of aliphatic hydroxyl groups is 2. The second kappa shape index (κ2) is 13.9. The minimum absolute atomic E-state index is 0.0117. The average Bonchev–Trinajstić information content (AvgIpc) is 3.31. The van der Waals surface area contributed by atoms with Crippen LogP contribution in [0.2, 0.25) is 0 Å². The summed E-state index contributed by atoms with van der Waals surface area (Å²) < 4.78 is 13.2. The number of carbonyl (C=O) groups excluding carboxylic acids is 1. The number of hydrogen-bond acceptors (Lipinski definition) is 7. The molecule has 42 heavy (non-hydrogen) atoms. The molecule has 0 aromatic heterocycles. The van der Waals surface area contributed by atoms with Gasteiger partial charge in [-0.05, 0) is 89.9 Å². The Morgan fingerprint density at radius 2 is 1.79 bits per heavy atom. The molecule has 0 amide bonds. The summed E-state index contributed by atoms with van der Waals surface area (Å²) in [6.45, 7) is 15.5. The van der Waals surface area contributed by atoms with Crippen molar-refractivity contribution in [3.05, 3.63) is 22.5 Å². The molecular formula is C34H55O8-. The van der Waals surface area contributed by atoms with Gasteiger partial charge in [0.05, 0.1) is 41.2 Å². The summed E-state index contributed by atoms with van der Waals surface area (Å²) in [5.41, 5.74) is -0.272. The number of ketones is 1. The number of carbonyl (C=O) groups is 2. The summed E-state index contributed by atoms with van der Waals surface area (Å²) in [6, 6.07) is 0. The third-order valence-electron chi connectivity index (χ3n) is 11.0. The summed E-state index contributed by atoms with van der Waals surface area (Å²) in [5.74, 6) is -2.69. The number of hydrogen-bond donors (Lipinski definition) is 3. The van der Waals surface area contributed by atoms with Crippen LogP contribution in [0.5, 0.6) is 0 Å². The third-order valence-corrected chi connectivity index (χ3v) is 11.0. The topological polar surface area (TPSA) is 136 Å². The molecule has 3 rings (SSSR count). The second-order valence-corrected chi connectivity index (χ2v) is 13.6. The minimum Gasteiger partial charge on any atom is -0.872 e. The highest BCUT2D eigenvalue weighted by Crippen LogP contribution is 2.48. The molecular weight excluding hydrogens is 536 g/mol. The van der Waals surface area contributed by atoms with Gasteiger partial charge >= 0.3 is 5.97 Å². The fourth-order valence-corrected chi connectivity index (χ4v) is 7.73. The maximum atomic E-state index is 13.9.